The second-order valence-electron chi connectivity index (χ2n) is 4.62. The molecule has 0 saturated carbocycles. The fourth-order valence-electron chi connectivity index (χ4n) is 2.23. The number of nitrogens with zero attached hydrogens (tertiary/aromatic N) is 6. The largest absolute Gasteiger partial charge is 0.319 e. The van der Waals surface area contributed by atoms with E-state index >= 15 is 0 Å². The maximum atomic E-state index is 12.3. The molecule has 106 valence electrons. The molecule has 2 aromatic heterocycles. The zero-order chi connectivity index (χ0) is 15.5. The van der Waals surface area contributed by atoms with Gasteiger partial charge in [-0.25, -0.2) is 9.97 Å². The molecule has 0 bridgehead atoms. The van der Waals surface area contributed by atoms with E-state index in [2.05, 4.69) is 9.97 Å². The van der Waals surface area contributed by atoms with Gasteiger partial charge < -0.3 is 4.57 Å². The zero-order valence-corrected chi connectivity index (χ0v) is 11.5. The van der Waals surface area contributed by atoms with Crippen molar-refractivity contribution in [1.29, 1.82) is 10.5 Å². The molecule has 3 aromatic rings. The second kappa shape index (κ2) is 5.51. The molecule has 0 saturated heterocycles. The second-order valence-corrected chi connectivity index (χ2v) is 4.62. The molecule has 0 aliphatic heterocycles. The van der Waals surface area contributed by atoms with Crippen molar-refractivity contribution in [2.24, 2.45) is 0 Å². The van der Waals surface area contributed by atoms with Crippen LogP contribution in [0.25, 0.3) is 10.9 Å². The van der Waals surface area contributed by atoms with Crippen LogP contribution in [0.5, 0.6) is 0 Å². The van der Waals surface area contributed by atoms with Gasteiger partial charge in [0.2, 0.25) is 0 Å². The average Bonchev–Trinajstić information content (AvgIpc) is 2.96. The van der Waals surface area contributed by atoms with Crippen molar-refractivity contribution in [3.63, 3.8) is 0 Å². The molecule has 0 aliphatic rings. The summed E-state index contributed by atoms with van der Waals surface area (Å²) in [7, 11) is 0. The Morgan fingerprint density at radius 3 is 2.50 bits per heavy atom. The van der Waals surface area contributed by atoms with Gasteiger partial charge in [-0.1, -0.05) is 12.1 Å². The summed E-state index contributed by atoms with van der Waals surface area (Å²) in [5.74, 6) is 0. The number of rotatable bonds is 3. The minimum Gasteiger partial charge on any atom is -0.319 e. The molecule has 0 atom stereocenters. The normalized spacial score (nSPS) is 10.3. The first kappa shape index (κ1) is 13.5. The van der Waals surface area contributed by atoms with Crippen LogP contribution in [0.2, 0.25) is 0 Å². The highest BCUT2D eigenvalue weighted by Crippen LogP contribution is 2.07. The number of benzene rings is 1. The molecule has 0 radical (unpaired) electrons. The van der Waals surface area contributed by atoms with Gasteiger partial charge >= 0.3 is 0 Å². The summed E-state index contributed by atoms with van der Waals surface area (Å²) in [5, 5.41) is 18.5. The standard InChI is InChI=1S/C15H10N6O/c16-7-13-14(8-17)20(9-19-13)5-6-21-10-18-12-4-2-1-3-11(12)15(21)22/h1-4,9-10H,5-6H2. The summed E-state index contributed by atoms with van der Waals surface area (Å²) in [6.07, 6.45) is 2.91. The molecule has 3 rings (SSSR count). The predicted molar refractivity (Wildman–Crippen MR) is 77.7 cm³/mol. The Morgan fingerprint density at radius 1 is 1.00 bits per heavy atom. The van der Waals surface area contributed by atoms with Crippen molar-refractivity contribution in [3.05, 3.63) is 58.7 Å². The Kier molecular flexibility index (Phi) is 3.39. The van der Waals surface area contributed by atoms with E-state index in [0.29, 0.717) is 24.0 Å². The van der Waals surface area contributed by atoms with E-state index in [1.54, 1.807) is 22.8 Å². The maximum Gasteiger partial charge on any atom is 0.261 e. The molecule has 0 N–H and O–H groups in total. The number of aromatic nitrogens is 4. The molecule has 7 nitrogen and oxygen atoms in total. The van der Waals surface area contributed by atoms with Crippen LogP contribution in [0.3, 0.4) is 0 Å². The highest BCUT2D eigenvalue weighted by Gasteiger charge is 2.10. The van der Waals surface area contributed by atoms with Crippen molar-refractivity contribution in [2.75, 3.05) is 0 Å². The van der Waals surface area contributed by atoms with Crippen LogP contribution in [0.1, 0.15) is 11.4 Å². The lowest BCUT2D eigenvalue weighted by atomic mass is 10.2. The van der Waals surface area contributed by atoms with Gasteiger partial charge in [-0.15, -0.1) is 0 Å². The van der Waals surface area contributed by atoms with Crippen LogP contribution >= 0.6 is 0 Å². The summed E-state index contributed by atoms with van der Waals surface area (Å²) >= 11 is 0. The van der Waals surface area contributed by atoms with Gasteiger partial charge in [-0.3, -0.25) is 9.36 Å². The first-order chi connectivity index (χ1) is 10.7. The topological polar surface area (TPSA) is 100 Å². The molecule has 0 fully saturated rings. The lowest BCUT2D eigenvalue weighted by molar-refractivity contribution is 0.558. The van der Waals surface area contributed by atoms with Crippen molar-refractivity contribution >= 4 is 10.9 Å². The van der Waals surface area contributed by atoms with Crippen molar-refractivity contribution in [3.8, 4) is 12.1 Å². The van der Waals surface area contributed by atoms with E-state index in [0.717, 1.165) is 0 Å². The third kappa shape index (κ3) is 2.21. The first-order valence-corrected chi connectivity index (χ1v) is 6.54. The fourth-order valence-corrected chi connectivity index (χ4v) is 2.23. The van der Waals surface area contributed by atoms with Crippen LogP contribution in [0, 0.1) is 22.7 Å². The fraction of sp³-hybridized carbons (Fsp3) is 0.133. The van der Waals surface area contributed by atoms with E-state index < -0.39 is 0 Å². The number of para-hydroxylation sites is 1. The van der Waals surface area contributed by atoms with Gasteiger partial charge in [0, 0.05) is 13.1 Å². The smallest absolute Gasteiger partial charge is 0.261 e. The number of imidazole rings is 1. The molecular formula is C15H10N6O. The summed E-state index contributed by atoms with van der Waals surface area (Å²) in [6, 6.07) is 10.9. The number of hydrogen-bond acceptors (Lipinski definition) is 5. The lowest BCUT2D eigenvalue weighted by Gasteiger charge is -2.07. The molecule has 0 spiro atoms. The predicted octanol–water partition coefficient (Wildman–Crippen LogP) is 1.04. The van der Waals surface area contributed by atoms with Gasteiger partial charge in [0.25, 0.3) is 5.56 Å². The molecule has 1 aromatic carbocycles. The molecule has 2 heterocycles. The summed E-state index contributed by atoms with van der Waals surface area (Å²) in [5.41, 5.74) is 0.802. The highest BCUT2D eigenvalue weighted by molar-refractivity contribution is 5.76. The van der Waals surface area contributed by atoms with E-state index in [9.17, 15) is 4.79 Å². The third-order valence-electron chi connectivity index (χ3n) is 3.36. The lowest BCUT2D eigenvalue weighted by Crippen LogP contribution is -2.23. The molecule has 22 heavy (non-hydrogen) atoms. The molecule has 0 amide bonds. The minimum atomic E-state index is -0.135. The maximum absolute atomic E-state index is 12.3. The monoisotopic (exact) mass is 290 g/mol. The Morgan fingerprint density at radius 2 is 1.73 bits per heavy atom. The summed E-state index contributed by atoms with van der Waals surface area (Å²) in [4.78, 5) is 20.5. The Hall–Kier alpha value is -3.45. The molecule has 7 heteroatoms. The van der Waals surface area contributed by atoms with Gasteiger partial charge in [0.05, 0.1) is 23.6 Å². The Labute approximate surface area is 125 Å². The van der Waals surface area contributed by atoms with Crippen LogP contribution in [0.4, 0.5) is 0 Å². The van der Waals surface area contributed by atoms with E-state index in [4.69, 9.17) is 10.5 Å². The Bertz CT molecular complexity index is 986. The van der Waals surface area contributed by atoms with Crippen LogP contribution in [-0.2, 0) is 13.1 Å². The van der Waals surface area contributed by atoms with E-state index in [1.165, 1.54) is 17.2 Å². The first-order valence-electron chi connectivity index (χ1n) is 6.54. The van der Waals surface area contributed by atoms with Gasteiger partial charge in [0.15, 0.2) is 11.4 Å². The van der Waals surface area contributed by atoms with Crippen molar-refractivity contribution in [1.82, 2.24) is 19.1 Å². The molecule has 0 aliphatic carbocycles. The van der Waals surface area contributed by atoms with E-state index in [-0.39, 0.29) is 16.9 Å². The number of aryl methyl sites for hydroxylation is 2. The quantitative estimate of drug-likeness (QED) is 0.717. The zero-order valence-electron chi connectivity index (χ0n) is 11.5. The van der Waals surface area contributed by atoms with Crippen molar-refractivity contribution in [2.45, 2.75) is 13.1 Å². The van der Waals surface area contributed by atoms with Crippen LogP contribution in [-0.4, -0.2) is 19.1 Å². The number of nitriles is 2. The molecule has 0 unspecified atom stereocenters. The number of hydrogen-bond donors (Lipinski definition) is 0. The van der Waals surface area contributed by atoms with Crippen LogP contribution in [0.15, 0.2) is 41.7 Å². The van der Waals surface area contributed by atoms with E-state index in [1.807, 2.05) is 18.2 Å². The summed E-state index contributed by atoms with van der Waals surface area (Å²) in [6.45, 7) is 0.698. The van der Waals surface area contributed by atoms with Gasteiger partial charge in [-0.05, 0) is 12.1 Å². The Balaban J connectivity index is 1.91. The average molecular weight is 290 g/mol. The van der Waals surface area contributed by atoms with Crippen LogP contribution < -0.4 is 5.56 Å². The van der Waals surface area contributed by atoms with Gasteiger partial charge in [0.1, 0.15) is 12.1 Å². The third-order valence-corrected chi connectivity index (χ3v) is 3.36. The van der Waals surface area contributed by atoms with Crippen molar-refractivity contribution < 1.29 is 0 Å². The van der Waals surface area contributed by atoms with Gasteiger partial charge in [-0.2, -0.15) is 10.5 Å². The SMILES string of the molecule is N#Cc1ncn(CCn2cnc3ccccc3c2=O)c1C#N. The minimum absolute atomic E-state index is 0.0893. The number of fused-ring (bicyclic) bond motifs is 1. The molecular weight excluding hydrogens is 280 g/mol. The summed E-state index contributed by atoms with van der Waals surface area (Å²) < 4.78 is 3.04. The highest BCUT2D eigenvalue weighted by atomic mass is 16.1.